The highest BCUT2D eigenvalue weighted by Crippen LogP contribution is 2.61. The van der Waals surface area contributed by atoms with Crippen LogP contribution in [0.2, 0.25) is 10.0 Å². The Bertz CT molecular complexity index is 613. The van der Waals surface area contributed by atoms with Crippen molar-refractivity contribution in [3.8, 4) is 5.75 Å². The van der Waals surface area contributed by atoms with Crippen LogP contribution in [-0.2, 0) is 9.53 Å². The zero-order valence-corrected chi connectivity index (χ0v) is 15.7. The molecule has 0 aromatic heterocycles. The highest BCUT2D eigenvalue weighted by Gasteiger charge is 2.53. The number of halogens is 2. The van der Waals surface area contributed by atoms with Crippen molar-refractivity contribution in [3.63, 3.8) is 0 Å². The lowest BCUT2D eigenvalue weighted by Gasteiger charge is -2.60. The molecular weight excluding hydrogens is 347 g/mol. The van der Waals surface area contributed by atoms with Crippen LogP contribution in [0, 0.1) is 23.2 Å². The maximum Gasteiger partial charge on any atom is 0.344 e. The maximum atomic E-state index is 11.8. The predicted octanol–water partition coefficient (Wildman–Crippen LogP) is 5.38. The van der Waals surface area contributed by atoms with Gasteiger partial charge in [0.1, 0.15) is 5.75 Å². The maximum absolute atomic E-state index is 11.8. The summed E-state index contributed by atoms with van der Waals surface area (Å²) in [4.78, 5) is 11.8. The van der Waals surface area contributed by atoms with Gasteiger partial charge in [-0.05, 0) is 67.1 Å². The molecule has 3 aliphatic carbocycles. The number of ether oxygens (including phenoxy) is 2. The Balaban J connectivity index is 1.38. The first kappa shape index (κ1) is 17.9. The lowest BCUT2D eigenvalue weighted by molar-refractivity contribution is -0.148. The number of hydrogen-bond donors (Lipinski definition) is 0. The summed E-state index contributed by atoms with van der Waals surface area (Å²) < 4.78 is 10.7. The Labute approximate surface area is 153 Å². The summed E-state index contributed by atoms with van der Waals surface area (Å²) in [5.74, 6) is 2.46. The highest BCUT2D eigenvalue weighted by molar-refractivity contribution is 6.35. The molecule has 4 rings (SSSR count). The van der Waals surface area contributed by atoms with E-state index in [9.17, 15) is 4.79 Å². The third-order valence-electron chi connectivity index (χ3n) is 5.99. The van der Waals surface area contributed by atoms with E-state index in [1.54, 1.807) is 18.2 Å². The summed E-state index contributed by atoms with van der Waals surface area (Å²) in [6, 6.07) is 4.90. The van der Waals surface area contributed by atoms with Crippen LogP contribution < -0.4 is 4.74 Å². The first-order valence-corrected chi connectivity index (χ1v) is 9.37. The van der Waals surface area contributed by atoms with Gasteiger partial charge < -0.3 is 9.47 Å². The smallest absolute Gasteiger partial charge is 0.344 e. The molecule has 0 unspecified atom stereocenters. The van der Waals surface area contributed by atoms with Crippen molar-refractivity contribution in [1.82, 2.24) is 0 Å². The SMILES string of the molecule is CC1(C)[C@H]2CC[C@H](CCOC(=O)COc3ccc(Cl)cc3Cl)[C@@H]1C2. The Hall–Kier alpha value is -0.930. The number of hydrogen-bond acceptors (Lipinski definition) is 3. The Morgan fingerprint density at radius 1 is 1.29 bits per heavy atom. The second-order valence-electron chi connectivity index (χ2n) is 7.57. The fourth-order valence-electron chi connectivity index (χ4n) is 4.40. The number of fused-ring (bicyclic) bond motifs is 2. The fourth-order valence-corrected chi connectivity index (χ4v) is 4.87. The Morgan fingerprint density at radius 2 is 2.08 bits per heavy atom. The predicted molar refractivity (Wildman–Crippen MR) is 95.6 cm³/mol. The molecule has 3 fully saturated rings. The van der Waals surface area contributed by atoms with Gasteiger partial charge in [-0.15, -0.1) is 0 Å². The standard InChI is InChI=1S/C19H24Cl2O3/c1-19(2)13-4-3-12(15(19)9-13)7-8-23-18(22)11-24-17-6-5-14(20)10-16(17)21/h5-6,10,12-13,15H,3-4,7-9,11H2,1-2H3/t12-,13+,15+/m1/s1. The summed E-state index contributed by atoms with van der Waals surface area (Å²) in [5.41, 5.74) is 0.474. The number of rotatable bonds is 6. The zero-order chi connectivity index (χ0) is 17.3. The van der Waals surface area contributed by atoms with E-state index in [1.165, 1.54) is 19.3 Å². The minimum Gasteiger partial charge on any atom is -0.480 e. The van der Waals surface area contributed by atoms with Gasteiger partial charge >= 0.3 is 5.97 Å². The molecule has 3 nitrogen and oxygen atoms in total. The Kier molecular flexibility index (Phi) is 5.31. The first-order chi connectivity index (χ1) is 11.4. The molecule has 24 heavy (non-hydrogen) atoms. The molecule has 0 spiro atoms. The second-order valence-corrected chi connectivity index (χ2v) is 8.41. The minimum absolute atomic E-state index is 0.136. The van der Waals surface area contributed by atoms with Crippen LogP contribution >= 0.6 is 23.2 Å². The Morgan fingerprint density at radius 3 is 2.75 bits per heavy atom. The summed E-state index contributed by atoms with van der Waals surface area (Å²) in [5, 5.41) is 0.919. The van der Waals surface area contributed by atoms with E-state index in [0.717, 1.165) is 18.3 Å². The summed E-state index contributed by atoms with van der Waals surface area (Å²) in [6.07, 6.45) is 4.89. The number of carbonyl (C=O) groups excluding carboxylic acids is 1. The van der Waals surface area contributed by atoms with E-state index in [-0.39, 0.29) is 12.6 Å². The van der Waals surface area contributed by atoms with Crippen molar-refractivity contribution in [2.75, 3.05) is 13.2 Å². The fraction of sp³-hybridized carbons (Fsp3) is 0.632. The van der Waals surface area contributed by atoms with Crippen LogP contribution in [0.15, 0.2) is 18.2 Å². The molecule has 0 saturated heterocycles. The van der Waals surface area contributed by atoms with Gasteiger partial charge in [0.15, 0.2) is 6.61 Å². The van der Waals surface area contributed by atoms with Crippen molar-refractivity contribution in [3.05, 3.63) is 28.2 Å². The van der Waals surface area contributed by atoms with Gasteiger partial charge in [-0.1, -0.05) is 37.0 Å². The van der Waals surface area contributed by atoms with Crippen LogP contribution in [0.4, 0.5) is 0 Å². The van der Waals surface area contributed by atoms with E-state index in [2.05, 4.69) is 13.8 Å². The molecule has 0 heterocycles. The number of carbonyl (C=O) groups is 1. The molecule has 2 bridgehead atoms. The number of esters is 1. The molecule has 3 atom stereocenters. The summed E-state index contributed by atoms with van der Waals surface area (Å²) in [7, 11) is 0. The molecule has 0 amide bonds. The van der Waals surface area contributed by atoms with E-state index >= 15 is 0 Å². The van der Waals surface area contributed by atoms with Crippen molar-refractivity contribution in [2.24, 2.45) is 23.2 Å². The average Bonchev–Trinajstić information content (AvgIpc) is 2.54. The largest absolute Gasteiger partial charge is 0.480 e. The van der Waals surface area contributed by atoms with E-state index in [4.69, 9.17) is 32.7 Å². The molecule has 3 aliphatic rings. The van der Waals surface area contributed by atoms with Crippen LogP contribution in [0.3, 0.4) is 0 Å². The van der Waals surface area contributed by atoms with Crippen molar-refractivity contribution in [2.45, 2.75) is 39.5 Å². The molecule has 1 aromatic rings. The molecule has 1 aromatic carbocycles. The van der Waals surface area contributed by atoms with E-state index in [0.29, 0.717) is 33.7 Å². The van der Waals surface area contributed by atoms with Crippen LogP contribution in [0.25, 0.3) is 0 Å². The van der Waals surface area contributed by atoms with E-state index < -0.39 is 0 Å². The molecule has 5 heteroatoms. The van der Waals surface area contributed by atoms with Crippen LogP contribution in [0.5, 0.6) is 5.75 Å². The molecule has 132 valence electrons. The number of benzene rings is 1. The molecular formula is C19H24Cl2O3. The molecule has 0 N–H and O–H groups in total. The summed E-state index contributed by atoms with van der Waals surface area (Å²) in [6.45, 7) is 5.10. The van der Waals surface area contributed by atoms with Gasteiger partial charge in [0.25, 0.3) is 0 Å². The van der Waals surface area contributed by atoms with Crippen LogP contribution in [0.1, 0.15) is 39.5 Å². The van der Waals surface area contributed by atoms with Gasteiger partial charge in [-0.2, -0.15) is 0 Å². The van der Waals surface area contributed by atoms with Gasteiger partial charge in [0.2, 0.25) is 0 Å². The average molecular weight is 371 g/mol. The van der Waals surface area contributed by atoms with Gasteiger partial charge in [0.05, 0.1) is 11.6 Å². The lowest BCUT2D eigenvalue weighted by Crippen LogP contribution is -2.52. The highest BCUT2D eigenvalue weighted by atomic mass is 35.5. The molecule has 3 saturated carbocycles. The topological polar surface area (TPSA) is 35.5 Å². The normalized spacial score (nSPS) is 27.2. The minimum atomic E-state index is -0.359. The van der Waals surface area contributed by atoms with Crippen molar-refractivity contribution < 1.29 is 14.3 Å². The van der Waals surface area contributed by atoms with Gasteiger partial charge in [-0.3, -0.25) is 0 Å². The van der Waals surface area contributed by atoms with Gasteiger partial charge in [-0.25, -0.2) is 4.79 Å². The monoisotopic (exact) mass is 370 g/mol. The van der Waals surface area contributed by atoms with Crippen LogP contribution in [-0.4, -0.2) is 19.2 Å². The van der Waals surface area contributed by atoms with Crippen molar-refractivity contribution >= 4 is 29.2 Å². The lowest BCUT2D eigenvalue weighted by atomic mass is 9.45. The van der Waals surface area contributed by atoms with Gasteiger partial charge in [0, 0.05) is 5.02 Å². The quantitative estimate of drug-likeness (QED) is 0.630. The zero-order valence-electron chi connectivity index (χ0n) is 14.2. The first-order valence-electron chi connectivity index (χ1n) is 8.61. The van der Waals surface area contributed by atoms with Crippen molar-refractivity contribution in [1.29, 1.82) is 0 Å². The summed E-state index contributed by atoms with van der Waals surface area (Å²) >= 11 is 11.8. The third-order valence-corrected chi connectivity index (χ3v) is 6.52. The third kappa shape index (κ3) is 3.67. The molecule has 0 aliphatic heterocycles. The van der Waals surface area contributed by atoms with E-state index in [1.807, 2.05) is 0 Å². The molecule has 0 radical (unpaired) electrons. The second kappa shape index (κ2) is 7.13.